The molecule has 5 nitrogen and oxygen atoms in total. The van der Waals surface area contributed by atoms with E-state index in [1.807, 2.05) is 0 Å². The van der Waals surface area contributed by atoms with Gasteiger partial charge in [-0.05, 0) is 27.7 Å². The fraction of sp³-hybridized carbons (Fsp3) is 0.800. The molecule has 0 fully saturated rings. The monoisotopic (exact) mass is 250 g/mol. The molecule has 0 saturated heterocycles. The van der Waals surface area contributed by atoms with Crippen LogP contribution in [0.5, 0.6) is 0 Å². The van der Waals surface area contributed by atoms with Crippen LogP contribution in [-0.4, -0.2) is 37.9 Å². The van der Waals surface area contributed by atoms with Crippen molar-refractivity contribution in [2.75, 3.05) is 11.5 Å². The molecule has 0 amide bonds. The minimum Gasteiger partial charge on any atom is -0.481 e. The van der Waals surface area contributed by atoms with Crippen LogP contribution in [0.4, 0.5) is 0 Å². The van der Waals surface area contributed by atoms with Crippen molar-refractivity contribution in [3.8, 4) is 0 Å². The Hall–Kier alpha value is -0.910. The summed E-state index contributed by atoms with van der Waals surface area (Å²) in [6, 6.07) is 0. The van der Waals surface area contributed by atoms with E-state index in [0.29, 0.717) is 0 Å². The van der Waals surface area contributed by atoms with Gasteiger partial charge in [0.2, 0.25) is 0 Å². The van der Waals surface area contributed by atoms with Crippen LogP contribution in [0, 0.1) is 10.8 Å². The quantitative estimate of drug-likeness (QED) is 0.732. The maximum absolute atomic E-state index is 11.7. The van der Waals surface area contributed by atoms with Crippen LogP contribution in [0.25, 0.3) is 0 Å². The lowest BCUT2D eigenvalue weighted by Gasteiger charge is -2.22. The molecular formula is C10H18O5S. The Kier molecular flexibility index (Phi) is 4.67. The van der Waals surface area contributed by atoms with E-state index in [4.69, 9.17) is 10.2 Å². The number of carboxylic acid groups (broad SMARTS) is 2. The second-order valence-electron chi connectivity index (χ2n) is 5.11. The first kappa shape index (κ1) is 15.1. The molecule has 2 N–H and O–H groups in total. The Morgan fingerprint density at radius 1 is 0.938 bits per heavy atom. The average Bonchev–Trinajstić information content (AvgIpc) is 2.00. The van der Waals surface area contributed by atoms with Gasteiger partial charge in [0, 0.05) is 22.3 Å². The summed E-state index contributed by atoms with van der Waals surface area (Å²) >= 11 is 0. The van der Waals surface area contributed by atoms with Gasteiger partial charge in [-0.2, -0.15) is 0 Å². The zero-order valence-electron chi connectivity index (χ0n) is 9.94. The molecular weight excluding hydrogens is 232 g/mol. The molecule has 0 aromatic carbocycles. The topological polar surface area (TPSA) is 91.7 Å². The summed E-state index contributed by atoms with van der Waals surface area (Å²) in [6.07, 6.45) is 0. The van der Waals surface area contributed by atoms with Crippen molar-refractivity contribution in [2.24, 2.45) is 10.8 Å². The lowest BCUT2D eigenvalue weighted by atomic mass is 9.97. The standard InChI is InChI=1S/C10H18O5S/c1-9(2,7(11)12)5-16(15)6-10(3,4)8(13)14/h5-6H2,1-4H3,(H,11,12)(H,13,14). The molecule has 6 heteroatoms. The fourth-order valence-electron chi connectivity index (χ4n) is 0.979. The lowest BCUT2D eigenvalue weighted by molar-refractivity contribution is -0.146. The molecule has 94 valence electrons. The predicted molar refractivity (Wildman–Crippen MR) is 60.7 cm³/mol. The number of hydrogen-bond acceptors (Lipinski definition) is 3. The molecule has 0 radical (unpaired) electrons. The van der Waals surface area contributed by atoms with Crippen LogP contribution in [-0.2, 0) is 20.4 Å². The van der Waals surface area contributed by atoms with Crippen LogP contribution < -0.4 is 0 Å². The number of rotatable bonds is 6. The molecule has 0 spiro atoms. The van der Waals surface area contributed by atoms with Crippen LogP contribution >= 0.6 is 0 Å². The zero-order valence-corrected chi connectivity index (χ0v) is 10.8. The van der Waals surface area contributed by atoms with Crippen LogP contribution in [0.1, 0.15) is 27.7 Å². The Morgan fingerprint density at radius 2 is 1.19 bits per heavy atom. The first-order valence-electron chi connectivity index (χ1n) is 4.81. The largest absolute Gasteiger partial charge is 0.481 e. The van der Waals surface area contributed by atoms with Gasteiger partial charge in [0.05, 0.1) is 10.8 Å². The van der Waals surface area contributed by atoms with Crippen LogP contribution in [0.15, 0.2) is 0 Å². The summed E-state index contributed by atoms with van der Waals surface area (Å²) in [5.74, 6) is -2.15. The van der Waals surface area contributed by atoms with E-state index >= 15 is 0 Å². The number of carbonyl (C=O) groups is 2. The molecule has 0 aromatic rings. The van der Waals surface area contributed by atoms with Crippen molar-refractivity contribution in [1.29, 1.82) is 0 Å². The molecule has 0 aliphatic rings. The van der Waals surface area contributed by atoms with Gasteiger partial charge in [-0.15, -0.1) is 0 Å². The van der Waals surface area contributed by atoms with Gasteiger partial charge in [0.25, 0.3) is 0 Å². The maximum atomic E-state index is 11.7. The third kappa shape index (κ3) is 4.30. The lowest BCUT2D eigenvalue weighted by Crippen LogP contribution is -2.36. The van der Waals surface area contributed by atoms with Crippen molar-refractivity contribution < 1.29 is 24.0 Å². The summed E-state index contributed by atoms with van der Waals surface area (Å²) in [4.78, 5) is 21.6. The van der Waals surface area contributed by atoms with Gasteiger partial charge in [0.15, 0.2) is 0 Å². The first-order valence-corrected chi connectivity index (χ1v) is 6.29. The molecule has 0 saturated carbocycles. The van der Waals surface area contributed by atoms with Crippen molar-refractivity contribution in [2.45, 2.75) is 27.7 Å². The highest BCUT2D eigenvalue weighted by Crippen LogP contribution is 2.22. The van der Waals surface area contributed by atoms with E-state index in [2.05, 4.69) is 0 Å². The summed E-state index contributed by atoms with van der Waals surface area (Å²) < 4.78 is 11.7. The smallest absolute Gasteiger partial charge is 0.310 e. The molecule has 0 rings (SSSR count). The van der Waals surface area contributed by atoms with E-state index in [1.54, 1.807) is 0 Å². The van der Waals surface area contributed by atoms with E-state index in [9.17, 15) is 13.8 Å². The second-order valence-corrected chi connectivity index (χ2v) is 6.56. The maximum Gasteiger partial charge on any atom is 0.310 e. The fourth-order valence-corrected chi connectivity index (χ4v) is 2.94. The second kappa shape index (κ2) is 4.95. The summed E-state index contributed by atoms with van der Waals surface area (Å²) in [7, 11) is -1.46. The molecule has 0 bridgehead atoms. The average molecular weight is 250 g/mol. The van der Waals surface area contributed by atoms with Crippen molar-refractivity contribution in [3.05, 3.63) is 0 Å². The predicted octanol–water partition coefficient (Wildman–Crippen LogP) is 0.957. The van der Waals surface area contributed by atoms with Crippen molar-refractivity contribution in [1.82, 2.24) is 0 Å². The van der Waals surface area contributed by atoms with Crippen molar-refractivity contribution in [3.63, 3.8) is 0 Å². The Morgan fingerprint density at radius 3 is 1.38 bits per heavy atom. The molecule has 0 aromatic heterocycles. The Balaban J connectivity index is 4.52. The summed E-state index contributed by atoms with van der Waals surface area (Å²) in [6.45, 7) is 5.89. The van der Waals surface area contributed by atoms with E-state index in [-0.39, 0.29) is 11.5 Å². The SMILES string of the molecule is CC(C)(CS(=O)CC(C)(C)C(=O)O)C(=O)O. The van der Waals surface area contributed by atoms with E-state index in [1.165, 1.54) is 27.7 Å². The Bertz CT molecular complexity index is 289. The highest BCUT2D eigenvalue weighted by molar-refractivity contribution is 7.85. The van der Waals surface area contributed by atoms with Gasteiger partial charge < -0.3 is 10.2 Å². The van der Waals surface area contributed by atoms with E-state index < -0.39 is 33.6 Å². The number of carboxylic acids is 2. The first-order chi connectivity index (χ1) is 6.99. The summed E-state index contributed by atoms with van der Waals surface area (Å²) in [5, 5.41) is 17.7. The minimum absolute atomic E-state index is 0.0426. The minimum atomic E-state index is -1.46. The summed E-state index contributed by atoms with van der Waals surface area (Å²) in [5.41, 5.74) is -2.20. The van der Waals surface area contributed by atoms with Crippen LogP contribution in [0.2, 0.25) is 0 Å². The highest BCUT2D eigenvalue weighted by Gasteiger charge is 2.34. The van der Waals surface area contributed by atoms with E-state index in [0.717, 1.165) is 0 Å². The molecule has 0 aliphatic carbocycles. The van der Waals surface area contributed by atoms with Gasteiger partial charge in [0.1, 0.15) is 0 Å². The molecule has 0 unspecified atom stereocenters. The molecule has 16 heavy (non-hydrogen) atoms. The van der Waals surface area contributed by atoms with Gasteiger partial charge in [-0.1, -0.05) is 0 Å². The van der Waals surface area contributed by atoms with Gasteiger partial charge >= 0.3 is 11.9 Å². The highest BCUT2D eigenvalue weighted by atomic mass is 32.2. The molecule has 0 aliphatic heterocycles. The number of aliphatic carboxylic acids is 2. The molecule has 0 heterocycles. The zero-order chi connectivity index (χ0) is 13.1. The van der Waals surface area contributed by atoms with Gasteiger partial charge in [-0.25, -0.2) is 0 Å². The van der Waals surface area contributed by atoms with Crippen LogP contribution in [0.3, 0.4) is 0 Å². The van der Waals surface area contributed by atoms with Gasteiger partial charge in [-0.3, -0.25) is 13.8 Å². The normalized spacial score (nSPS) is 12.8. The molecule has 0 atom stereocenters. The third-order valence-corrected chi connectivity index (χ3v) is 4.29. The Labute approximate surface area is 97.3 Å². The third-order valence-electron chi connectivity index (χ3n) is 2.20. The number of hydrogen-bond donors (Lipinski definition) is 2. The van der Waals surface area contributed by atoms with Crippen molar-refractivity contribution >= 4 is 22.7 Å².